The second kappa shape index (κ2) is 44.4. The Bertz CT molecular complexity index is 1000. The van der Waals surface area contributed by atoms with E-state index in [4.69, 9.17) is 9.05 Å². The molecule has 0 rings (SSSR count). The van der Waals surface area contributed by atoms with E-state index in [9.17, 15) is 19.4 Å². The highest BCUT2D eigenvalue weighted by atomic mass is 31.2. The molecule has 61 heavy (non-hydrogen) atoms. The highest BCUT2D eigenvalue weighted by Crippen LogP contribution is 2.43. The Morgan fingerprint density at radius 2 is 0.869 bits per heavy atom. The van der Waals surface area contributed by atoms with Gasteiger partial charge in [-0.25, -0.2) is 4.57 Å². The number of quaternary nitrogens is 1. The number of phosphoric acid groups is 1. The summed E-state index contributed by atoms with van der Waals surface area (Å²) in [6.07, 6.45) is 53.0. The van der Waals surface area contributed by atoms with Crippen molar-refractivity contribution in [3.63, 3.8) is 0 Å². The van der Waals surface area contributed by atoms with E-state index in [1.165, 1.54) is 205 Å². The van der Waals surface area contributed by atoms with Gasteiger partial charge in [-0.2, -0.15) is 0 Å². The lowest BCUT2D eigenvalue weighted by atomic mass is 10.0. The van der Waals surface area contributed by atoms with E-state index in [2.05, 4.69) is 19.2 Å². The number of allylic oxidation sites excluding steroid dienone is 1. The Morgan fingerprint density at radius 3 is 1.21 bits per heavy atom. The molecule has 0 aliphatic carbocycles. The number of amides is 1. The van der Waals surface area contributed by atoms with Crippen molar-refractivity contribution in [3.05, 3.63) is 12.2 Å². The number of rotatable bonds is 49. The Labute approximate surface area is 380 Å². The lowest BCUT2D eigenvalue weighted by Crippen LogP contribution is -2.45. The molecule has 0 spiro atoms. The van der Waals surface area contributed by atoms with Crippen molar-refractivity contribution >= 4 is 13.7 Å². The minimum absolute atomic E-state index is 0.0648. The first-order valence-electron chi connectivity index (χ1n) is 26.6. The predicted molar refractivity (Wildman–Crippen MR) is 263 cm³/mol. The predicted octanol–water partition coefficient (Wildman–Crippen LogP) is 15.5. The van der Waals surface area contributed by atoms with Crippen LogP contribution in [0.15, 0.2) is 12.2 Å². The zero-order valence-corrected chi connectivity index (χ0v) is 42.3. The molecule has 0 radical (unpaired) electrons. The highest BCUT2D eigenvalue weighted by Gasteiger charge is 2.27. The maximum absolute atomic E-state index is 12.9. The van der Waals surface area contributed by atoms with Gasteiger partial charge in [0.15, 0.2) is 0 Å². The molecule has 1 unspecified atom stereocenters. The molecule has 0 aromatic heterocycles. The molecule has 1 amide bonds. The number of nitrogens with zero attached hydrogens (tertiary/aromatic N) is 1. The molecule has 3 N–H and O–H groups in total. The molecule has 364 valence electrons. The molecular formula is C52H106N2O6P+. The van der Waals surface area contributed by atoms with Gasteiger partial charge in [0.25, 0.3) is 0 Å². The van der Waals surface area contributed by atoms with Gasteiger partial charge in [-0.1, -0.05) is 251 Å². The average Bonchev–Trinajstić information content (AvgIpc) is 3.21. The number of unbranched alkanes of at least 4 members (excludes halogenated alkanes) is 36. The van der Waals surface area contributed by atoms with E-state index in [1.54, 1.807) is 6.08 Å². The fourth-order valence-electron chi connectivity index (χ4n) is 8.04. The van der Waals surface area contributed by atoms with Gasteiger partial charge in [0.2, 0.25) is 5.91 Å². The Hall–Kier alpha value is -0.760. The third-order valence-corrected chi connectivity index (χ3v) is 13.2. The van der Waals surface area contributed by atoms with Gasteiger partial charge in [-0.15, -0.1) is 0 Å². The van der Waals surface area contributed by atoms with Gasteiger partial charge in [-0.3, -0.25) is 13.8 Å². The summed E-state index contributed by atoms with van der Waals surface area (Å²) < 4.78 is 23.6. The zero-order chi connectivity index (χ0) is 45.0. The van der Waals surface area contributed by atoms with Crippen LogP contribution in [-0.4, -0.2) is 73.4 Å². The van der Waals surface area contributed by atoms with Crippen molar-refractivity contribution in [1.29, 1.82) is 0 Å². The van der Waals surface area contributed by atoms with Gasteiger partial charge < -0.3 is 19.8 Å². The second-order valence-corrected chi connectivity index (χ2v) is 21.1. The first-order chi connectivity index (χ1) is 29.5. The maximum Gasteiger partial charge on any atom is 0.472 e. The molecule has 0 bridgehead atoms. The SMILES string of the molecule is CCCCCCCCCCCCC/C=C/[C@@H](O)[C@H](COP(=O)(O)OCC[N+](C)(C)C)NC(=O)CCCCCCCCCCCCCCCCCCCCCCCCCCCC. The van der Waals surface area contributed by atoms with Crippen LogP contribution in [0.3, 0.4) is 0 Å². The topological polar surface area (TPSA) is 105 Å². The molecule has 0 aliphatic heterocycles. The summed E-state index contributed by atoms with van der Waals surface area (Å²) in [5.74, 6) is -0.172. The van der Waals surface area contributed by atoms with Gasteiger partial charge in [-0.05, 0) is 19.3 Å². The standard InChI is InChI=1S/C52H105N2O6P/c1-6-8-10-12-14-16-18-20-21-22-23-24-25-26-27-28-29-30-31-32-34-36-38-40-42-44-46-52(56)53-50(49-60-61(57,58)59-48-47-54(3,4)5)51(55)45-43-41-39-37-35-33-19-17-15-13-11-9-7-2/h43,45,50-51,55H,6-42,44,46-49H2,1-5H3,(H-,53,56,57,58)/p+1/b45-43+/t50-,51+/m0/s1. The molecule has 0 saturated carbocycles. The highest BCUT2D eigenvalue weighted by molar-refractivity contribution is 7.47. The van der Waals surface area contributed by atoms with E-state index < -0.39 is 20.0 Å². The van der Waals surface area contributed by atoms with E-state index in [1.807, 2.05) is 27.2 Å². The van der Waals surface area contributed by atoms with Gasteiger partial charge in [0.05, 0.1) is 39.9 Å². The lowest BCUT2D eigenvalue weighted by molar-refractivity contribution is -0.870. The van der Waals surface area contributed by atoms with Crippen LogP contribution >= 0.6 is 7.82 Å². The van der Waals surface area contributed by atoms with Gasteiger partial charge in [0.1, 0.15) is 13.2 Å². The summed E-state index contributed by atoms with van der Waals surface area (Å²) in [5.41, 5.74) is 0. The number of likely N-dealkylation sites (N-methyl/N-ethyl adjacent to an activating group) is 1. The largest absolute Gasteiger partial charge is 0.472 e. The summed E-state index contributed by atoms with van der Waals surface area (Å²) in [6, 6.07) is -0.840. The lowest BCUT2D eigenvalue weighted by Gasteiger charge is -2.25. The third-order valence-electron chi connectivity index (χ3n) is 12.3. The van der Waals surface area contributed by atoms with Crippen LogP contribution in [0.25, 0.3) is 0 Å². The Kier molecular flexibility index (Phi) is 43.9. The van der Waals surface area contributed by atoms with E-state index in [0.717, 1.165) is 38.5 Å². The smallest absolute Gasteiger partial charge is 0.387 e. The molecule has 3 atom stereocenters. The third kappa shape index (κ3) is 47.0. The van der Waals surface area contributed by atoms with Gasteiger partial charge in [0, 0.05) is 6.42 Å². The van der Waals surface area contributed by atoms with Crippen LogP contribution in [0.5, 0.6) is 0 Å². The van der Waals surface area contributed by atoms with Crippen molar-refractivity contribution < 1.29 is 32.9 Å². The summed E-state index contributed by atoms with van der Waals surface area (Å²) in [5, 5.41) is 13.9. The van der Waals surface area contributed by atoms with Crippen molar-refractivity contribution in [2.24, 2.45) is 0 Å². The summed E-state index contributed by atoms with van der Waals surface area (Å²) >= 11 is 0. The molecule has 0 fully saturated rings. The fraction of sp³-hybridized carbons (Fsp3) is 0.942. The van der Waals surface area contributed by atoms with Crippen molar-refractivity contribution in [1.82, 2.24) is 5.32 Å². The molecule has 0 heterocycles. The minimum atomic E-state index is -4.33. The van der Waals surface area contributed by atoms with Crippen LogP contribution < -0.4 is 5.32 Å². The molecule has 9 heteroatoms. The normalized spacial score (nSPS) is 14.1. The van der Waals surface area contributed by atoms with Crippen molar-refractivity contribution in [3.8, 4) is 0 Å². The zero-order valence-electron chi connectivity index (χ0n) is 41.4. The van der Waals surface area contributed by atoms with E-state index in [0.29, 0.717) is 17.4 Å². The minimum Gasteiger partial charge on any atom is -0.387 e. The number of hydrogen-bond donors (Lipinski definition) is 3. The molecule has 0 aromatic carbocycles. The van der Waals surface area contributed by atoms with Crippen LogP contribution in [0, 0.1) is 0 Å². The first-order valence-corrected chi connectivity index (χ1v) is 28.1. The van der Waals surface area contributed by atoms with Crippen LogP contribution in [0.1, 0.15) is 264 Å². The summed E-state index contributed by atoms with van der Waals surface area (Å²) in [4.78, 5) is 23.2. The molecule has 0 aliphatic rings. The molecule has 0 aromatic rings. The number of phosphoric ester groups is 1. The van der Waals surface area contributed by atoms with E-state index >= 15 is 0 Å². The average molecular weight is 886 g/mol. The number of aliphatic hydroxyl groups is 1. The summed E-state index contributed by atoms with van der Waals surface area (Å²) in [6.45, 7) is 4.84. The number of carbonyl (C=O) groups excluding carboxylic acids is 1. The maximum atomic E-state index is 12.9. The quantitative estimate of drug-likeness (QED) is 0.0243. The molecular weight excluding hydrogens is 780 g/mol. The molecule has 0 saturated heterocycles. The fourth-order valence-corrected chi connectivity index (χ4v) is 8.78. The van der Waals surface area contributed by atoms with E-state index in [-0.39, 0.29) is 19.1 Å². The van der Waals surface area contributed by atoms with Crippen LogP contribution in [-0.2, 0) is 18.4 Å². The number of carbonyl (C=O) groups is 1. The Balaban J connectivity index is 4.11. The first kappa shape index (κ1) is 60.2. The van der Waals surface area contributed by atoms with Crippen LogP contribution in [0.4, 0.5) is 0 Å². The number of nitrogens with one attached hydrogen (secondary N) is 1. The summed E-state index contributed by atoms with van der Waals surface area (Å²) in [7, 11) is 1.59. The van der Waals surface area contributed by atoms with Crippen molar-refractivity contribution in [2.75, 3.05) is 40.9 Å². The molecule has 8 nitrogen and oxygen atoms in total. The van der Waals surface area contributed by atoms with Gasteiger partial charge >= 0.3 is 7.82 Å². The monoisotopic (exact) mass is 886 g/mol. The number of aliphatic hydroxyl groups excluding tert-OH is 1. The number of hydrogen-bond acceptors (Lipinski definition) is 5. The Morgan fingerprint density at radius 1 is 0.541 bits per heavy atom. The van der Waals surface area contributed by atoms with Crippen molar-refractivity contribution in [2.45, 2.75) is 276 Å². The van der Waals surface area contributed by atoms with Crippen LogP contribution in [0.2, 0.25) is 0 Å². The second-order valence-electron chi connectivity index (χ2n) is 19.6.